The van der Waals surface area contributed by atoms with E-state index in [1.165, 1.54) is 11.3 Å². The number of halogens is 3. The maximum atomic E-state index is 5.94. The topological polar surface area (TPSA) is 25.8 Å². The summed E-state index contributed by atoms with van der Waals surface area (Å²) in [5.74, 6) is 0.491. The predicted molar refractivity (Wildman–Crippen MR) is 60.4 cm³/mol. The number of aromatic nitrogens is 2. The molecule has 0 fully saturated rings. The average Bonchev–Trinajstić information content (AvgIpc) is 2.45. The zero-order valence-electron chi connectivity index (χ0n) is 6.67. The van der Waals surface area contributed by atoms with E-state index < -0.39 is 0 Å². The molecule has 72 valence electrons. The van der Waals surface area contributed by atoms with Crippen LogP contribution in [0.1, 0.15) is 0 Å². The van der Waals surface area contributed by atoms with Crippen LogP contribution in [0, 0.1) is 0 Å². The van der Waals surface area contributed by atoms with Crippen molar-refractivity contribution in [1.82, 2.24) is 9.97 Å². The van der Waals surface area contributed by atoms with Crippen LogP contribution in [0.2, 0.25) is 13.8 Å². The molecule has 0 aliphatic rings. The molecular weight excluding hydrogens is 263 g/mol. The Kier molecular flexibility index (Phi) is 2.93. The summed E-state index contributed by atoms with van der Waals surface area (Å²) in [6.07, 6.45) is 1.58. The molecular formula is C8H3Cl3N2S. The molecule has 0 unspecified atom stereocenters. The summed E-state index contributed by atoms with van der Waals surface area (Å²) in [4.78, 5) is 8.09. The van der Waals surface area contributed by atoms with Crippen LogP contribution in [0.25, 0.3) is 11.4 Å². The van der Waals surface area contributed by atoms with Gasteiger partial charge in [0.05, 0.1) is 9.90 Å². The van der Waals surface area contributed by atoms with Gasteiger partial charge in [-0.05, 0) is 12.1 Å². The van der Waals surface area contributed by atoms with Gasteiger partial charge < -0.3 is 0 Å². The lowest BCUT2D eigenvalue weighted by molar-refractivity contribution is 1.18. The second kappa shape index (κ2) is 4.03. The third-order valence-electron chi connectivity index (χ3n) is 1.52. The van der Waals surface area contributed by atoms with Crippen LogP contribution in [0.15, 0.2) is 18.3 Å². The quantitative estimate of drug-likeness (QED) is 0.723. The van der Waals surface area contributed by atoms with E-state index >= 15 is 0 Å². The van der Waals surface area contributed by atoms with Crippen molar-refractivity contribution in [3.8, 4) is 11.4 Å². The van der Waals surface area contributed by atoms with Crippen molar-refractivity contribution in [2.24, 2.45) is 0 Å². The minimum absolute atomic E-state index is 0.383. The van der Waals surface area contributed by atoms with Gasteiger partial charge in [0.25, 0.3) is 0 Å². The van der Waals surface area contributed by atoms with Crippen molar-refractivity contribution in [2.75, 3.05) is 0 Å². The summed E-state index contributed by atoms with van der Waals surface area (Å²) >= 11 is 18.8. The summed E-state index contributed by atoms with van der Waals surface area (Å²) in [5.41, 5.74) is 0.712. The molecule has 2 heterocycles. The van der Waals surface area contributed by atoms with Crippen LogP contribution in [0.5, 0.6) is 0 Å². The van der Waals surface area contributed by atoms with Crippen molar-refractivity contribution in [3.63, 3.8) is 0 Å². The normalized spacial score (nSPS) is 10.5. The van der Waals surface area contributed by atoms with Gasteiger partial charge in [0.2, 0.25) is 0 Å². The van der Waals surface area contributed by atoms with E-state index in [1.54, 1.807) is 18.3 Å². The number of rotatable bonds is 1. The maximum Gasteiger partial charge on any atom is 0.163 e. The standard InChI is InChI=1S/C8H3Cl3N2S/c9-5-1-2-12-8(13-5)4-3-6(10)14-7(4)11/h1-3H. The summed E-state index contributed by atoms with van der Waals surface area (Å²) in [6.45, 7) is 0. The van der Waals surface area contributed by atoms with Crippen LogP contribution in [0.3, 0.4) is 0 Å². The molecule has 0 atom stereocenters. The third kappa shape index (κ3) is 2.01. The first-order valence-electron chi connectivity index (χ1n) is 3.60. The smallest absolute Gasteiger partial charge is 0.163 e. The Hall–Kier alpha value is -0.350. The molecule has 0 amide bonds. The highest BCUT2D eigenvalue weighted by atomic mass is 35.5. The Bertz CT molecular complexity index is 469. The van der Waals surface area contributed by atoms with Crippen LogP contribution in [0.4, 0.5) is 0 Å². The van der Waals surface area contributed by atoms with Gasteiger partial charge in [-0.25, -0.2) is 9.97 Å². The van der Waals surface area contributed by atoms with E-state index in [0.29, 0.717) is 25.2 Å². The number of thiophene rings is 1. The molecule has 0 aliphatic carbocycles. The molecule has 0 aromatic carbocycles. The first-order chi connectivity index (χ1) is 6.66. The maximum absolute atomic E-state index is 5.94. The first-order valence-corrected chi connectivity index (χ1v) is 5.55. The highest BCUT2D eigenvalue weighted by Crippen LogP contribution is 2.36. The molecule has 0 N–H and O–H groups in total. The molecule has 0 bridgehead atoms. The van der Waals surface area contributed by atoms with Crippen LogP contribution < -0.4 is 0 Å². The number of hydrogen-bond acceptors (Lipinski definition) is 3. The largest absolute Gasteiger partial charge is 0.236 e. The molecule has 0 aliphatic heterocycles. The van der Waals surface area contributed by atoms with Crippen molar-refractivity contribution >= 4 is 46.1 Å². The van der Waals surface area contributed by atoms with Gasteiger partial charge in [-0.2, -0.15) is 0 Å². The highest BCUT2D eigenvalue weighted by molar-refractivity contribution is 7.20. The van der Waals surface area contributed by atoms with Gasteiger partial charge in [0, 0.05) is 6.20 Å². The van der Waals surface area contributed by atoms with Crippen molar-refractivity contribution in [2.45, 2.75) is 0 Å². The SMILES string of the molecule is Clc1ccnc(-c2cc(Cl)sc2Cl)n1. The predicted octanol–water partition coefficient (Wildman–Crippen LogP) is 4.17. The summed E-state index contributed by atoms with van der Waals surface area (Å²) in [7, 11) is 0. The number of nitrogens with zero attached hydrogens (tertiary/aromatic N) is 2. The van der Waals surface area contributed by atoms with Crippen LogP contribution in [-0.4, -0.2) is 9.97 Å². The minimum Gasteiger partial charge on any atom is -0.236 e. The minimum atomic E-state index is 0.383. The zero-order valence-corrected chi connectivity index (χ0v) is 9.75. The van der Waals surface area contributed by atoms with E-state index in [9.17, 15) is 0 Å². The molecule has 14 heavy (non-hydrogen) atoms. The van der Waals surface area contributed by atoms with E-state index in [1.807, 2.05) is 0 Å². The average molecular weight is 266 g/mol. The van der Waals surface area contributed by atoms with E-state index in [-0.39, 0.29) is 0 Å². The lowest BCUT2D eigenvalue weighted by atomic mass is 10.3. The fourth-order valence-corrected chi connectivity index (χ4v) is 2.55. The molecule has 0 saturated carbocycles. The van der Waals surface area contributed by atoms with Crippen molar-refractivity contribution in [1.29, 1.82) is 0 Å². The molecule has 2 aromatic heterocycles. The van der Waals surface area contributed by atoms with Crippen LogP contribution in [-0.2, 0) is 0 Å². The Morgan fingerprint density at radius 1 is 1.21 bits per heavy atom. The Balaban J connectivity index is 2.54. The van der Waals surface area contributed by atoms with Gasteiger partial charge in [-0.3, -0.25) is 0 Å². The third-order valence-corrected chi connectivity index (χ3v) is 3.22. The fourth-order valence-electron chi connectivity index (χ4n) is 0.959. The molecule has 2 aromatic rings. The zero-order chi connectivity index (χ0) is 10.1. The molecule has 0 radical (unpaired) electrons. The first kappa shape index (κ1) is 10.2. The summed E-state index contributed by atoms with van der Waals surface area (Å²) in [5, 5.41) is 0.383. The Morgan fingerprint density at radius 2 is 2.00 bits per heavy atom. The van der Waals surface area contributed by atoms with E-state index in [0.717, 1.165) is 0 Å². The van der Waals surface area contributed by atoms with Crippen LogP contribution >= 0.6 is 46.1 Å². The molecule has 0 spiro atoms. The van der Waals surface area contributed by atoms with Gasteiger partial charge in [-0.15, -0.1) is 11.3 Å². The Labute approximate surface area is 99.5 Å². The number of hydrogen-bond donors (Lipinski definition) is 0. The fraction of sp³-hybridized carbons (Fsp3) is 0. The van der Waals surface area contributed by atoms with Gasteiger partial charge in [-0.1, -0.05) is 34.8 Å². The van der Waals surface area contributed by atoms with E-state index in [2.05, 4.69) is 9.97 Å². The molecule has 0 saturated heterocycles. The monoisotopic (exact) mass is 264 g/mol. The van der Waals surface area contributed by atoms with Gasteiger partial charge >= 0.3 is 0 Å². The molecule has 6 heteroatoms. The summed E-state index contributed by atoms with van der Waals surface area (Å²) < 4.78 is 1.17. The van der Waals surface area contributed by atoms with Gasteiger partial charge in [0.1, 0.15) is 9.49 Å². The summed E-state index contributed by atoms with van der Waals surface area (Å²) in [6, 6.07) is 3.33. The van der Waals surface area contributed by atoms with Crippen molar-refractivity contribution < 1.29 is 0 Å². The van der Waals surface area contributed by atoms with Gasteiger partial charge in [0.15, 0.2) is 5.82 Å². The molecule has 2 rings (SSSR count). The lowest BCUT2D eigenvalue weighted by Gasteiger charge is -1.96. The highest BCUT2D eigenvalue weighted by Gasteiger charge is 2.10. The second-order valence-electron chi connectivity index (χ2n) is 2.44. The lowest BCUT2D eigenvalue weighted by Crippen LogP contribution is -1.86. The van der Waals surface area contributed by atoms with Crippen molar-refractivity contribution in [3.05, 3.63) is 32.2 Å². The molecule has 2 nitrogen and oxygen atoms in total. The van der Waals surface area contributed by atoms with E-state index in [4.69, 9.17) is 34.8 Å². The second-order valence-corrected chi connectivity index (χ2v) is 5.11. The Morgan fingerprint density at radius 3 is 2.57 bits per heavy atom.